The normalized spacial score (nSPS) is 17.7. The van der Waals surface area contributed by atoms with Gasteiger partial charge in [-0.15, -0.1) is 0 Å². The van der Waals surface area contributed by atoms with Crippen LogP contribution in [0.2, 0.25) is 0 Å². The van der Waals surface area contributed by atoms with Crippen molar-refractivity contribution in [3.05, 3.63) is 0 Å². The second-order valence-corrected chi connectivity index (χ2v) is 6.06. The maximum Gasteiger partial charge on any atom is 0.228 e. The van der Waals surface area contributed by atoms with Crippen molar-refractivity contribution in [3.63, 3.8) is 0 Å². The van der Waals surface area contributed by atoms with Gasteiger partial charge in [-0.25, -0.2) is 0 Å². The second-order valence-electron chi connectivity index (χ2n) is 4.51. The van der Waals surface area contributed by atoms with Crippen LogP contribution in [0.25, 0.3) is 0 Å². The number of hydrogen-bond acceptors (Lipinski definition) is 7. The first kappa shape index (κ1) is 14.4. The van der Waals surface area contributed by atoms with Crippen molar-refractivity contribution in [2.75, 3.05) is 17.8 Å². The van der Waals surface area contributed by atoms with Gasteiger partial charge in [-0.3, -0.25) is 0 Å². The van der Waals surface area contributed by atoms with Gasteiger partial charge < -0.3 is 5.32 Å². The van der Waals surface area contributed by atoms with Crippen LogP contribution in [-0.4, -0.2) is 33.0 Å². The zero-order chi connectivity index (χ0) is 13.7. The summed E-state index contributed by atoms with van der Waals surface area (Å²) in [6.45, 7) is 0. The molecular weight excluding hydrogens is 278 g/mol. The molecule has 0 spiro atoms. The highest BCUT2D eigenvalue weighted by molar-refractivity contribution is 7.99. The van der Waals surface area contributed by atoms with Crippen molar-refractivity contribution < 1.29 is 0 Å². The molecule has 0 bridgehead atoms. The van der Waals surface area contributed by atoms with Crippen LogP contribution >= 0.6 is 23.5 Å². The van der Waals surface area contributed by atoms with E-state index in [1.807, 2.05) is 12.5 Å². The van der Waals surface area contributed by atoms with Crippen LogP contribution in [0.15, 0.2) is 10.3 Å². The first-order valence-electron chi connectivity index (χ1n) is 6.25. The lowest BCUT2D eigenvalue weighted by molar-refractivity contribution is 0.390. The monoisotopic (exact) mass is 295 g/mol. The van der Waals surface area contributed by atoms with E-state index < -0.39 is 5.54 Å². The molecule has 0 aliphatic heterocycles. The van der Waals surface area contributed by atoms with Gasteiger partial charge in [0.15, 0.2) is 10.3 Å². The van der Waals surface area contributed by atoms with Crippen LogP contribution < -0.4 is 5.32 Å². The van der Waals surface area contributed by atoms with Crippen molar-refractivity contribution >= 4 is 29.5 Å². The van der Waals surface area contributed by atoms with Crippen LogP contribution in [0.5, 0.6) is 0 Å². The Labute approximate surface area is 122 Å². The molecule has 1 aromatic rings. The molecule has 0 aromatic carbocycles. The number of rotatable bonds is 4. The SMILES string of the molecule is CSc1nc(NC2(C#N)CCCCC2)nc(SC)n1. The number of nitriles is 1. The molecule has 0 atom stereocenters. The van der Waals surface area contributed by atoms with E-state index >= 15 is 0 Å². The van der Waals surface area contributed by atoms with E-state index in [0.29, 0.717) is 16.3 Å². The molecule has 102 valence electrons. The van der Waals surface area contributed by atoms with Crippen molar-refractivity contribution in [2.24, 2.45) is 0 Å². The Kier molecular flexibility index (Phi) is 4.88. The lowest BCUT2D eigenvalue weighted by atomic mass is 9.83. The third kappa shape index (κ3) is 3.51. The molecule has 19 heavy (non-hydrogen) atoms. The highest BCUT2D eigenvalue weighted by atomic mass is 32.2. The largest absolute Gasteiger partial charge is 0.336 e. The van der Waals surface area contributed by atoms with E-state index in [1.54, 1.807) is 0 Å². The van der Waals surface area contributed by atoms with Gasteiger partial charge in [0.1, 0.15) is 5.54 Å². The Balaban J connectivity index is 2.24. The molecule has 1 aliphatic rings. The van der Waals surface area contributed by atoms with Gasteiger partial charge in [0, 0.05) is 0 Å². The van der Waals surface area contributed by atoms with Crippen LogP contribution in [0.4, 0.5) is 5.95 Å². The number of hydrogen-bond donors (Lipinski definition) is 1. The van der Waals surface area contributed by atoms with E-state index in [9.17, 15) is 5.26 Å². The summed E-state index contributed by atoms with van der Waals surface area (Å²) >= 11 is 2.97. The predicted molar refractivity (Wildman–Crippen MR) is 78.4 cm³/mol. The van der Waals surface area contributed by atoms with Gasteiger partial charge in [-0.05, 0) is 25.4 Å². The third-order valence-electron chi connectivity index (χ3n) is 3.23. The molecule has 0 unspecified atom stereocenters. The fourth-order valence-corrected chi connectivity index (χ4v) is 2.98. The fourth-order valence-electron chi connectivity index (χ4n) is 2.21. The number of thioether (sulfide) groups is 2. The van der Waals surface area contributed by atoms with Gasteiger partial charge in [-0.2, -0.15) is 20.2 Å². The average Bonchev–Trinajstić information content (AvgIpc) is 2.47. The molecule has 0 radical (unpaired) electrons. The standard InChI is InChI=1S/C12H17N5S2/c1-18-10-14-9(15-11(16-10)19-2)17-12(8-13)6-4-3-5-7-12/h3-7H2,1-2H3,(H,14,15,16,17). The van der Waals surface area contributed by atoms with E-state index in [2.05, 4.69) is 26.3 Å². The van der Waals surface area contributed by atoms with Crippen molar-refractivity contribution in [1.82, 2.24) is 15.0 Å². The van der Waals surface area contributed by atoms with Gasteiger partial charge in [0.05, 0.1) is 6.07 Å². The molecule has 1 aliphatic carbocycles. The number of anilines is 1. The van der Waals surface area contributed by atoms with Gasteiger partial charge in [0.25, 0.3) is 0 Å². The predicted octanol–water partition coefficient (Wildman–Crippen LogP) is 2.95. The Bertz CT molecular complexity index is 457. The minimum absolute atomic E-state index is 0.509. The summed E-state index contributed by atoms with van der Waals surface area (Å²) in [6, 6.07) is 2.42. The second kappa shape index (κ2) is 6.44. The van der Waals surface area contributed by atoms with E-state index in [1.165, 1.54) is 29.9 Å². The maximum absolute atomic E-state index is 9.46. The summed E-state index contributed by atoms with van der Waals surface area (Å²) in [7, 11) is 0. The number of nitrogens with one attached hydrogen (secondary N) is 1. The average molecular weight is 295 g/mol. The topological polar surface area (TPSA) is 74.5 Å². The quantitative estimate of drug-likeness (QED) is 0.856. The smallest absolute Gasteiger partial charge is 0.228 e. The van der Waals surface area contributed by atoms with Crippen LogP contribution in [0.3, 0.4) is 0 Å². The van der Waals surface area contributed by atoms with Gasteiger partial charge >= 0.3 is 0 Å². The van der Waals surface area contributed by atoms with Crippen LogP contribution in [0.1, 0.15) is 32.1 Å². The van der Waals surface area contributed by atoms with Crippen LogP contribution in [0, 0.1) is 11.3 Å². The Morgan fingerprint density at radius 3 is 2.11 bits per heavy atom. The molecule has 5 nitrogen and oxygen atoms in total. The molecule has 1 saturated carbocycles. The molecule has 1 N–H and O–H groups in total. The van der Waals surface area contributed by atoms with E-state index in [-0.39, 0.29) is 0 Å². The van der Waals surface area contributed by atoms with E-state index in [4.69, 9.17) is 0 Å². The summed E-state index contributed by atoms with van der Waals surface area (Å²) in [5, 5.41) is 14.1. The molecule has 7 heteroatoms. The lowest BCUT2D eigenvalue weighted by Gasteiger charge is -2.31. The highest BCUT2D eigenvalue weighted by Crippen LogP contribution is 2.30. The molecule has 1 aromatic heterocycles. The van der Waals surface area contributed by atoms with Gasteiger partial charge in [-0.1, -0.05) is 42.8 Å². The summed E-state index contributed by atoms with van der Waals surface area (Å²) in [5.41, 5.74) is -0.509. The van der Waals surface area contributed by atoms with Crippen LogP contribution in [-0.2, 0) is 0 Å². The minimum Gasteiger partial charge on any atom is -0.336 e. The Hall–Kier alpha value is -1.00. The molecule has 1 fully saturated rings. The van der Waals surface area contributed by atoms with E-state index in [0.717, 1.165) is 25.7 Å². The summed E-state index contributed by atoms with van der Waals surface area (Å²) in [4.78, 5) is 13.0. The maximum atomic E-state index is 9.46. The zero-order valence-corrected chi connectivity index (χ0v) is 12.8. The summed E-state index contributed by atoms with van der Waals surface area (Å²) in [5.74, 6) is 0.521. The molecule has 0 amide bonds. The highest BCUT2D eigenvalue weighted by Gasteiger charge is 2.32. The number of nitrogens with zero attached hydrogens (tertiary/aromatic N) is 4. The number of aromatic nitrogens is 3. The molecular formula is C12H17N5S2. The van der Waals surface area contributed by atoms with Crippen molar-refractivity contribution in [1.29, 1.82) is 5.26 Å². The van der Waals surface area contributed by atoms with Gasteiger partial charge in [0.2, 0.25) is 5.95 Å². The minimum atomic E-state index is -0.509. The Morgan fingerprint density at radius 2 is 1.63 bits per heavy atom. The molecule has 1 heterocycles. The van der Waals surface area contributed by atoms with Crippen molar-refractivity contribution in [3.8, 4) is 6.07 Å². The van der Waals surface area contributed by atoms with Crippen molar-refractivity contribution in [2.45, 2.75) is 48.0 Å². The molecule has 2 rings (SSSR count). The third-order valence-corrected chi connectivity index (χ3v) is 4.33. The molecule has 0 saturated heterocycles. The summed E-state index contributed by atoms with van der Waals surface area (Å²) in [6.07, 6.45) is 8.95. The first-order valence-corrected chi connectivity index (χ1v) is 8.70. The lowest BCUT2D eigenvalue weighted by Crippen LogP contribution is -2.39. The zero-order valence-electron chi connectivity index (χ0n) is 11.1. The Morgan fingerprint density at radius 1 is 1.05 bits per heavy atom. The fraction of sp³-hybridized carbons (Fsp3) is 0.667. The first-order chi connectivity index (χ1) is 9.21. The summed E-state index contributed by atoms with van der Waals surface area (Å²) < 4.78 is 0.